The lowest BCUT2D eigenvalue weighted by Gasteiger charge is -2.23. The van der Waals surface area contributed by atoms with Crippen LogP contribution in [0, 0.1) is 0 Å². The minimum Gasteiger partial charge on any atom is -0.399 e. The van der Waals surface area contributed by atoms with Crippen LogP contribution in [0.1, 0.15) is 36.2 Å². The molecule has 0 saturated carbocycles. The number of hydrogen-bond donors (Lipinski definition) is 1. The van der Waals surface area contributed by atoms with Gasteiger partial charge in [0.1, 0.15) is 0 Å². The monoisotopic (exact) mass is 292 g/mol. The van der Waals surface area contributed by atoms with Crippen molar-refractivity contribution in [3.63, 3.8) is 0 Å². The molecule has 1 aliphatic heterocycles. The van der Waals surface area contributed by atoms with Gasteiger partial charge in [0.2, 0.25) is 0 Å². The van der Waals surface area contributed by atoms with Gasteiger partial charge in [0, 0.05) is 23.4 Å². The third-order valence-corrected chi connectivity index (χ3v) is 4.35. The maximum atomic E-state index is 12.9. The van der Waals surface area contributed by atoms with Crippen molar-refractivity contribution in [3.8, 4) is 0 Å². The first-order valence-electron chi connectivity index (χ1n) is 7.51. The fourth-order valence-corrected chi connectivity index (χ4v) is 2.84. The number of hydrogen-bond acceptors (Lipinski definition) is 2. The molecule has 3 nitrogen and oxygen atoms in total. The predicted molar refractivity (Wildman–Crippen MR) is 91.9 cm³/mol. The number of rotatable bonds is 1. The Bertz CT molecular complexity index is 744. The molecular weight excluding hydrogens is 272 g/mol. The summed E-state index contributed by atoms with van der Waals surface area (Å²) < 4.78 is 0. The fourth-order valence-electron chi connectivity index (χ4n) is 2.84. The summed E-state index contributed by atoms with van der Waals surface area (Å²) >= 11 is 0. The van der Waals surface area contributed by atoms with Gasteiger partial charge in [-0.3, -0.25) is 4.79 Å². The van der Waals surface area contributed by atoms with Crippen LogP contribution in [0.2, 0.25) is 0 Å². The first kappa shape index (κ1) is 14.4. The SMILES string of the molecule is CC1=C(C)c2ccccc2N(C(=O)c2ccc(N)cc2)CC1. The highest BCUT2D eigenvalue weighted by Crippen LogP contribution is 2.34. The lowest BCUT2D eigenvalue weighted by atomic mass is 10.0. The van der Waals surface area contributed by atoms with E-state index in [2.05, 4.69) is 19.9 Å². The summed E-state index contributed by atoms with van der Waals surface area (Å²) in [7, 11) is 0. The van der Waals surface area contributed by atoms with Crippen LogP contribution >= 0.6 is 0 Å². The van der Waals surface area contributed by atoms with Crippen LogP contribution in [0.4, 0.5) is 11.4 Å². The van der Waals surface area contributed by atoms with E-state index in [-0.39, 0.29) is 5.91 Å². The van der Waals surface area contributed by atoms with E-state index in [9.17, 15) is 4.79 Å². The van der Waals surface area contributed by atoms with Crippen LogP contribution in [0.3, 0.4) is 0 Å². The van der Waals surface area contributed by atoms with Gasteiger partial charge in [0.25, 0.3) is 5.91 Å². The van der Waals surface area contributed by atoms with Crippen molar-refractivity contribution >= 4 is 22.9 Å². The van der Waals surface area contributed by atoms with Crippen molar-refractivity contribution in [1.29, 1.82) is 0 Å². The van der Waals surface area contributed by atoms with Crippen LogP contribution in [-0.2, 0) is 0 Å². The Morgan fingerprint density at radius 1 is 1.05 bits per heavy atom. The highest BCUT2D eigenvalue weighted by molar-refractivity contribution is 6.08. The molecule has 2 N–H and O–H groups in total. The van der Waals surface area contributed by atoms with Crippen LogP contribution in [0.15, 0.2) is 54.1 Å². The average molecular weight is 292 g/mol. The van der Waals surface area contributed by atoms with Crippen molar-refractivity contribution < 1.29 is 4.79 Å². The highest BCUT2D eigenvalue weighted by Gasteiger charge is 2.23. The lowest BCUT2D eigenvalue weighted by molar-refractivity contribution is 0.0987. The van der Waals surface area contributed by atoms with Crippen LogP contribution < -0.4 is 10.6 Å². The van der Waals surface area contributed by atoms with E-state index in [1.807, 2.05) is 23.1 Å². The zero-order valence-electron chi connectivity index (χ0n) is 13.0. The third-order valence-electron chi connectivity index (χ3n) is 4.35. The number of amides is 1. The Balaban J connectivity index is 2.04. The van der Waals surface area contributed by atoms with Crippen molar-refractivity contribution in [2.75, 3.05) is 17.2 Å². The highest BCUT2D eigenvalue weighted by atomic mass is 16.2. The summed E-state index contributed by atoms with van der Waals surface area (Å²) in [4.78, 5) is 14.8. The molecule has 1 amide bonds. The first-order valence-corrected chi connectivity index (χ1v) is 7.51. The minimum absolute atomic E-state index is 0.0231. The Hall–Kier alpha value is -2.55. The second-order valence-corrected chi connectivity index (χ2v) is 5.75. The minimum atomic E-state index is 0.0231. The summed E-state index contributed by atoms with van der Waals surface area (Å²) in [5, 5.41) is 0. The number of fused-ring (bicyclic) bond motifs is 1. The number of benzene rings is 2. The molecule has 2 aromatic carbocycles. The summed E-state index contributed by atoms with van der Waals surface area (Å²) in [6, 6.07) is 15.2. The van der Waals surface area contributed by atoms with E-state index in [0.717, 1.165) is 17.7 Å². The van der Waals surface area contributed by atoms with Crippen molar-refractivity contribution in [1.82, 2.24) is 0 Å². The first-order chi connectivity index (χ1) is 10.6. The average Bonchev–Trinajstić information content (AvgIpc) is 2.66. The maximum Gasteiger partial charge on any atom is 0.258 e. The Morgan fingerprint density at radius 3 is 2.45 bits per heavy atom. The second-order valence-electron chi connectivity index (χ2n) is 5.75. The van der Waals surface area contributed by atoms with Crippen LogP contribution in [0.25, 0.3) is 5.57 Å². The molecule has 0 aromatic heterocycles. The van der Waals surface area contributed by atoms with E-state index in [1.165, 1.54) is 11.1 Å². The van der Waals surface area contributed by atoms with Crippen molar-refractivity contribution in [2.24, 2.45) is 0 Å². The van der Waals surface area contributed by atoms with Gasteiger partial charge in [-0.25, -0.2) is 0 Å². The zero-order valence-corrected chi connectivity index (χ0v) is 13.0. The predicted octanol–water partition coefficient (Wildman–Crippen LogP) is 4.11. The van der Waals surface area contributed by atoms with E-state index in [0.29, 0.717) is 17.8 Å². The molecule has 3 rings (SSSR count). The Morgan fingerprint density at radius 2 is 1.73 bits per heavy atom. The van der Waals surface area contributed by atoms with E-state index < -0.39 is 0 Å². The topological polar surface area (TPSA) is 46.3 Å². The normalized spacial score (nSPS) is 14.5. The molecule has 0 radical (unpaired) electrons. The smallest absolute Gasteiger partial charge is 0.258 e. The number of nitrogens with two attached hydrogens (primary N) is 1. The molecule has 0 unspecified atom stereocenters. The molecule has 1 aliphatic rings. The zero-order chi connectivity index (χ0) is 15.7. The van der Waals surface area contributed by atoms with Crippen LogP contribution in [-0.4, -0.2) is 12.5 Å². The lowest BCUT2D eigenvalue weighted by Crippen LogP contribution is -2.32. The van der Waals surface area contributed by atoms with Gasteiger partial charge in [0.05, 0.1) is 5.69 Å². The molecule has 22 heavy (non-hydrogen) atoms. The molecule has 2 aromatic rings. The van der Waals surface area contributed by atoms with Crippen molar-refractivity contribution in [2.45, 2.75) is 20.3 Å². The van der Waals surface area contributed by atoms with Gasteiger partial charge in [-0.2, -0.15) is 0 Å². The number of carbonyl (C=O) groups excluding carboxylic acids is 1. The van der Waals surface area contributed by atoms with Gasteiger partial charge >= 0.3 is 0 Å². The van der Waals surface area contributed by atoms with E-state index in [1.54, 1.807) is 24.3 Å². The second kappa shape index (κ2) is 5.68. The molecule has 0 bridgehead atoms. The standard InChI is InChI=1S/C19H20N2O/c1-13-11-12-21(18-6-4-3-5-17(18)14(13)2)19(22)15-7-9-16(20)10-8-15/h3-10H,11-12,20H2,1-2H3. The van der Waals surface area contributed by atoms with Crippen LogP contribution in [0.5, 0.6) is 0 Å². The molecule has 0 spiro atoms. The number of nitrogen functional groups attached to an aromatic ring is 1. The number of carbonyl (C=O) groups is 1. The number of para-hydroxylation sites is 1. The van der Waals surface area contributed by atoms with Gasteiger partial charge in [-0.05, 0) is 56.2 Å². The summed E-state index contributed by atoms with van der Waals surface area (Å²) in [5.41, 5.74) is 11.8. The quantitative estimate of drug-likeness (QED) is 0.804. The number of anilines is 2. The molecule has 0 saturated heterocycles. The molecule has 112 valence electrons. The van der Waals surface area contributed by atoms with E-state index >= 15 is 0 Å². The molecule has 0 fully saturated rings. The third kappa shape index (κ3) is 2.50. The largest absolute Gasteiger partial charge is 0.399 e. The molecule has 1 heterocycles. The van der Waals surface area contributed by atoms with E-state index in [4.69, 9.17) is 5.73 Å². The van der Waals surface area contributed by atoms with Crippen molar-refractivity contribution in [3.05, 3.63) is 65.2 Å². The number of allylic oxidation sites excluding steroid dienone is 1. The molecular formula is C19H20N2O. The molecule has 3 heteroatoms. The summed E-state index contributed by atoms with van der Waals surface area (Å²) in [5.74, 6) is 0.0231. The summed E-state index contributed by atoms with van der Waals surface area (Å²) in [6.07, 6.45) is 0.890. The fraction of sp³-hybridized carbons (Fsp3) is 0.211. The Kier molecular flexibility index (Phi) is 3.72. The van der Waals surface area contributed by atoms with Gasteiger partial charge < -0.3 is 10.6 Å². The van der Waals surface area contributed by atoms with Gasteiger partial charge in [-0.15, -0.1) is 0 Å². The number of nitrogens with zero attached hydrogens (tertiary/aromatic N) is 1. The molecule has 0 atom stereocenters. The van der Waals surface area contributed by atoms with Gasteiger partial charge in [-0.1, -0.05) is 23.8 Å². The maximum absolute atomic E-state index is 12.9. The van der Waals surface area contributed by atoms with Gasteiger partial charge in [0.15, 0.2) is 0 Å². The summed E-state index contributed by atoms with van der Waals surface area (Å²) in [6.45, 7) is 4.97. The molecule has 0 aliphatic carbocycles. The Labute approximate surface area is 131 Å².